The second kappa shape index (κ2) is 3.86. The number of nitrogens with zero attached hydrogens (tertiary/aromatic N) is 3. The highest BCUT2D eigenvalue weighted by Crippen LogP contribution is 2.24. The molecule has 5 heteroatoms. The van der Waals surface area contributed by atoms with Gasteiger partial charge in [-0.3, -0.25) is 4.68 Å². The highest BCUT2D eigenvalue weighted by Gasteiger charge is 2.15. The van der Waals surface area contributed by atoms with Crippen LogP contribution in [0.25, 0.3) is 11.5 Å². The van der Waals surface area contributed by atoms with Gasteiger partial charge in [-0.05, 0) is 19.9 Å². The lowest BCUT2D eigenvalue weighted by atomic mass is 10.2. The minimum absolute atomic E-state index is 0.130. The molecule has 0 amide bonds. The van der Waals surface area contributed by atoms with Gasteiger partial charge in [0.2, 0.25) is 0 Å². The highest BCUT2D eigenvalue weighted by molar-refractivity contribution is 5.54. The molecule has 0 saturated heterocycles. The van der Waals surface area contributed by atoms with Crippen molar-refractivity contribution in [3.8, 4) is 11.5 Å². The van der Waals surface area contributed by atoms with E-state index in [0.29, 0.717) is 11.5 Å². The van der Waals surface area contributed by atoms with Gasteiger partial charge < -0.3 is 9.52 Å². The Morgan fingerprint density at radius 3 is 3.00 bits per heavy atom. The molecule has 0 radical (unpaired) electrons. The molecule has 0 unspecified atom stereocenters. The van der Waals surface area contributed by atoms with Gasteiger partial charge in [-0.15, -0.1) is 0 Å². The van der Waals surface area contributed by atoms with Crippen molar-refractivity contribution in [1.82, 2.24) is 14.8 Å². The van der Waals surface area contributed by atoms with Crippen LogP contribution in [-0.2, 0) is 6.61 Å². The Hall–Kier alpha value is -1.62. The molecule has 80 valence electrons. The van der Waals surface area contributed by atoms with Crippen LogP contribution in [0.15, 0.2) is 23.1 Å². The maximum Gasteiger partial charge on any atom is 0.181 e. The summed E-state index contributed by atoms with van der Waals surface area (Å²) in [4.78, 5) is 3.93. The predicted octanol–water partition coefficient (Wildman–Crippen LogP) is 1.61. The molecule has 0 bridgehead atoms. The number of aromatic nitrogens is 3. The normalized spacial score (nSPS) is 11.2. The van der Waals surface area contributed by atoms with Crippen LogP contribution in [0.5, 0.6) is 0 Å². The van der Waals surface area contributed by atoms with Crippen molar-refractivity contribution in [2.24, 2.45) is 0 Å². The van der Waals surface area contributed by atoms with Crippen LogP contribution in [-0.4, -0.2) is 19.9 Å². The Morgan fingerprint density at radius 2 is 2.33 bits per heavy atom. The van der Waals surface area contributed by atoms with Crippen LogP contribution >= 0.6 is 0 Å². The van der Waals surface area contributed by atoms with E-state index in [2.05, 4.69) is 10.1 Å². The van der Waals surface area contributed by atoms with E-state index in [9.17, 15) is 0 Å². The topological polar surface area (TPSA) is 64.1 Å². The molecule has 2 aromatic rings. The first kappa shape index (κ1) is 9.92. The molecule has 0 spiro atoms. The zero-order valence-corrected chi connectivity index (χ0v) is 8.71. The van der Waals surface area contributed by atoms with E-state index >= 15 is 0 Å². The SMILES string of the molecule is CC(C)n1nccc1-c1ocnc1CO. The van der Waals surface area contributed by atoms with Crippen LogP contribution in [0.2, 0.25) is 0 Å². The molecule has 2 aromatic heterocycles. The Balaban J connectivity index is 2.49. The van der Waals surface area contributed by atoms with E-state index in [1.807, 2.05) is 24.6 Å². The fourth-order valence-corrected chi connectivity index (χ4v) is 1.50. The second-order valence-corrected chi connectivity index (χ2v) is 3.54. The molecule has 2 heterocycles. The van der Waals surface area contributed by atoms with Crippen molar-refractivity contribution < 1.29 is 9.52 Å². The molecule has 2 rings (SSSR count). The van der Waals surface area contributed by atoms with E-state index in [-0.39, 0.29) is 12.6 Å². The van der Waals surface area contributed by atoms with Gasteiger partial charge in [0.05, 0.1) is 6.61 Å². The van der Waals surface area contributed by atoms with Crippen LogP contribution in [0, 0.1) is 0 Å². The van der Waals surface area contributed by atoms with Crippen molar-refractivity contribution in [1.29, 1.82) is 0 Å². The first-order valence-electron chi connectivity index (χ1n) is 4.81. The van der Waals surface area contributed by atoms with E-state index in [1.165, 1.54) is 6.39 Å². The number of hydrogen-bond acceptors (Lipinski definition) is 4. The van der Waals surface area contributed by atoms with Crippen LogP contribution in [0.4, 0.5) is 0 Å². The molecule has 5 nitrogen and oxygen atoms in total. The van der Waals surface area contributed by atoms with Crippen molar-refractivity contribution in [3.63, 3.8) is 0 Å². The smallest absolute Gasteiger partial charge is 0.181 e. The van der Waals surface area contributed by atoms with Crippen LogP contribution < -0.4 is 0 Å². The third-order valence-electron chi connectivity index (χ3n) is 2.18. The molecule has 0 aliphatic heterocycles. The lowest BCUT2D eigenvalue weighted by Crippen LogP contribution is -2.05. The molecule has 0 aliphatic carbocycles. The lowest BCUT2D eigenvalue weighted by molar-refractivity contribution is 0.277. The molecular weight excluding hydrogens is 194 g/mol. The summed E-state index contributed by atoms with van der Waals surface area (Å²) in [5, 5.41) is 13.3. The second-order valence-electron chi connectivity index (χ2n) is 3.54. The van der Waals surface area contributed by atoms with Gasteiger partial charge in [-0.1, -0.05) is 0 Å². The van der Waals surface area contributed by atoms with Crippen molar-refractivity contribution in [3.05, 3.63) is 24.4 Å². The number of hydrogen-bond donors (Lipinski definition) is 1. The predicted molar refractivity (Wildman–Crippen MR) is 54.0 cm³/mol. The summed E-state index contributed by atoms with van der Waals surface area (Å²) in [7, 11) is 0. The first-order chi connectivity index (χ1) is 7.24. The minimum atomic E-state index is -0.130. The summed E-state index contributed by atoms with van der Waals surface area (Å²) in [5.74, 6) is 0.587. The van der Waals surface area contributed by atoms with Gasteiger partial charge >= 0.3 is 0 Å². The van der Waals surface area contributed by atoms with E-state index < -0.39 is 0 Å². The summed E-state index contributed by atoms with van der Waals surface area (Å²) in [6, 6.07) is 2.09. The van der Waals surface area contributed by atoms with Crippen molar-refractivity contribution in [2.45, 2.75) is 26.5 Å². The molecule has 1 N–H and O–H groups in total. The number of aliphatic hydroxyl groups excluding tert-OH is 1. The number of oxazole rings is 1. The zero-order chi connectivity index (χ0) is 10.8. The van der Waals surface area contributed by atoms with Gasteiger partial charge in [-0.25, -0.2) is 4.98 Å². The molecular formula is C10H13N3O2. The van der Waals surface area contributed by atoms with E-state index in [0.717, 1.165) is 5.69 Å². The third-order valence-corrected chi connectivity index (χ3v) is 2.18. The Labute approximate surface area is 87.4 Å². The maximum absolute atomic E-state index is 9.08. The summed E-state index contributed by atoms with van der Waals surface area (Å²) >= 11 is 0. The zero-order valence-electron chi connectivity index (χ0n) is 8.71. The van der Waals surface area contributed by atoms with Crippen LogP contribution in [0.1, 0.15) is 25.6 Å². The molecule has 15 heavy (non-hydrogen) atoms. The fourth-order valence-electron chi connectivity index (χ4n) is 1.50. The van der Waals surface area contributed by atoms with Crippen LogP contribution in [0.3, 0.4) is 0 Å². The maximum atomic E-state index is 9.08. The van der Waals surface area contributed by atoms with Gasteiger partial charge in [0, 0.05) is 12.2 Å². The summed E-state index contributed by atoms with van der Waals surface area (Å²) in [5.41, 5.74) is 1.38. The van der Waals surface area contributed by atoms with Gasteiger partial charge in [0.15, 0.2) is 12.2 Å². The standard InChI is InChI=1S/C10H13N3O2/c1-7(2)13-9(3-4-12-13)10-8(5-14)11-6-15-10/h3-4,6-7,14H,5H2,1-2H3. The lowest BCUT2D eigenvalue weighted by Gasteiger charge is -2.09. The monoisotopic (exact) mass is 207 g/mol. The molecule has 0 aromatic carbocycles. The Kier molecular flexibility index (Phi) is 2.55. The highest BCUT2D eigenvalue weighted by atomic mass is 16.3. The number of aliphatic hydroxyl groups is 1. The first-order valence-corrected chi connectivity index (χ1v) is 4.81. The van der Waals surface area contributed by atoms with Crippen molar-refractivity contribution >= 4 is 0 Å². The van der Waals surface area contributed by atoms with Crippen molar-refractivity contribution in [2.75, 3.05) is 0 Å². The molecule has 0 fully saturated rings. The average Bonchev–Trinajstić information content (AvgIpc) is 2.85. The third kappa shape index (κ3) is 1.66. The molecule has 0 saturated carbocycles. The fraction of sp³-hybridized carbons (Fsp3) is 0.400. The van der Waals surface area contributed by atoms with Gasteiger partial charge in [0.1, 0.15) is 11.4 Å². The molecule has 0 atom stereocenters. The Bertz CT molecular complexity index is 445. The number of rotatable bonds is 3. The van der Waals surface area contributed by atoms with Gasteiger partial charge in [-0.2, -0.15) is 5.10 Å². The van der Waals surface area contributed by atoms with E-state index in [1.54, 1.807) is 6.20 Å². The largest absolute Gasteiger partial charge is 0.441 e. The van der Waals surface area contributed by atoms with E-state index in [4.69, 9.17) is 9.52 Å². The van der Waals surface area contributed by atoms with Gasteiger partial charge in [0.25, 0.3) is 0 Å². The average molecular weight is 207 g/mol. The Morgan fingerprint density at radius 1 is 1.53 bits per heavy atom. The minimum Gasteiger partial charge on any atom is -0.441 e. The molecule has 0 aliphatic rings. The summed E-state index contributed by atoms with van der Waals surface area (Å²) in [6.07, 6.45) is 3.04. The summed E-state index contributed by atoms with van der Waals surface area (Å²) < 4.78 is 7.09. The quantitative estimate of drug-likeness (QED) is 0.830. The summed E-state index contributed by atoms with van der Waals surface area (Å²) in [6.45, 7) is 3.94.